The van der Waals surface area contributed by atoms with E-state index in [1.54, 1.807) is 16.8 Å². The summed E-state index contributed by atoms with van der Waals surface area (Å²) in [5, 5.41) is 10.8. The average Bonchev–Trinajstić information content (AvgIpc) is 3.28. The van der Waals surface area contributed by atoms with Gasteiger partial charge in [-0.3, -0.25) is 4.68 Å². The Morgan fingerprint density at radius 1 is 1.22 bits per heavy atom. The van der Waals surface area contributed by atoms with Gasteiger partial charge in [0.2, 0.25) is 0 Å². The second-order valence-electron chi connectivity index (χ2n) is 6.84. The summed E-state index contributed by atoms with van der Waals surface area (Å²) >= 11 is 0. The van der Waals surface area contributed by atoms with Gasteiger partial charge < -0.3 is 10.6 Å². The van der Waals surface area contributed by atoms with Crippen LogP contribution in [0.15, 0.2) is 35.6 Å². The van der Waals surface area contributed by atoms with Gasteiger partial charge in [0.05, 0.1) is 0 Å². The average molecular weight is 486 g/mol. The van der Waals surface area contributed by atoms with E-state index in [4.69, 9.17) is 0 Å². The van der Waals surface area contributed by atoms with E-state index in [2.05, 4.69) is 25.7 Å². The monoisotopic (exact) mass is 486 g/mol. The first-order chi connectivity index (χ1) is 12.6. The number of nitrogens with zero attached hydrogens (tertiary/aromatic N) is 4. The summed E-state index contributed by atoms with van der Waals surface area (Å²) in [7, 11) is 1.86. The summed E-state index contributed by atoms with van der Waals surface area (Å²) in [4.78, 5) is 8.84. The molecule has 0 aliphatic heterocycles. The molecule has 1 aliphatic rings. The van der Waals surface area contributed by atoms with Gasteiger partial charge in [-0.2, -0.15) is 5.10 Å². The van der Waals surface area contributed by atoms with E-state index in [-0.39, 0.29) is 35.2 Å². The second-order valence-corrected chi connectivity index (χ2v) is 6.84. The van der Waals surface area contributed by atoms with Crippen molar-refractivity contribution in [1.82, 2.24) is 25.4 Å². The van der Waals surface area contributed by atoms with Crippen LogP contribution in [-0.2, 0) is 19.0 Å². The largest absolute Gasteiger partial charge is 0.357 e. The zero-order chi connectivity index (χ0) is 18.4. The minimum absolute atomic E-state index is 0. The number of aryl methyl sites for hydroxylation is 1. The fraction of sp³-hybridized carbons (Fsp3) is 0.526. The zero-order valence-electron chi connectivity index (χ0n) is 15.9. The highest BCUT2D eigenvalue weighted by Crippen LogP contribution is 2.40. The maximum atomic E-state index is 13.3. The molecule has 0 unspecified atom stereocenters. The Labute approximate surface area is 177 Å². The summed E-state index contributed by atoms with van der Waals surface area (Å²) in [6.45, 7) is 4.08. The first-order valence-electron chi connectivity index (χ1n) is 9.24. The van der Waals surface area contributed by atoms with Gasteiger partial charge in [0.25, 0.3) is 0 Å². The van der Waals surface area contributed by atoms with Crippen LogP contribution in [0.3, 0.4) is 0 Å². The minimum atomic E-state index is -0.187. The number of aliphatic imine (C=N–C) groups is 1. The van der Waals surface area contributed by atoms with E-state index >= 15 is 0 Å². The molecule has 1 aromatic heterocycles. The highest BCUT2D eigenvalue weighted by atomic mass is 127. The molecule has 0 atom stereocenters. The molecular weight excluding hydrogens is 458 g/mol. The molecule has 0 bridgehead atoms. The van der Waals surface area contributed by atoms with Crippen molar-refractivity contribution >= 4 is 29.9 Å². The van der Waals surface area contributed by atoms with Crippen molar-refractivity contribution in [3.63, 3.8) is 0 Å². The molecule has 2 N–H and O–H groups in total. The number of hydrogen-bond acceptors (Lipinski definition) is 3. The van der Waals surface area contributed by atoms with Crippen LogP contribution in [-0.4, -0.2) is 33.8 Å². The molecule has 27 heavy (non-hydrogen) atoms. The lowest BCUT2D eigenvalue weighted by Crippen LogP contribution is -2.44. The van der Waals surface area contributed by atoms with E-state index in [1.165, 1.54) is 24.7 Å². The van der Waals surface area contributed by atoms with Crippen LogP contribution < -0.4 is 10.6 Å². The van der Waals surface area contributed by atoms with Crippen molar-refractivity contribution in [1.29, 1.82) is 0 Å². The van der Waals surface area contributed by atoms with Crippen molar-refractivity contribution in [2.45, 2.75) is 44.6 Å². The van der Waals surface area contributed by atoms with E-state index < -0.39 is 0 Å². The van der Waals surface area contributed by atoms with E-state index in [9.17, 15) is 4.39 Å². The first-order valence-corrected chi connectivity index (χ1v) is 9.24. The normalized spacial score (nSPS) is 16.0. The third kappa shape index (κ3) is 5.40. The van der Waals surface area contributed by atoms with Crippen molar-refractivity contribution in [2.24, 2.45) is 12.0 Å². The van der Waals surface area contributed by atoms with Crippen molar-refractivity contribution < 1.29 is 4.39 Å². The van der Waals surface area contributed by atoms with E-state index in [0.717, 1.165) is 37.7 Å². The fourth-order valence-corrected chi connectivity index (χ4v) is 3.63. The maximum Gasteiger partial charge on any atom is 0.191 e. The molecule has 1 fully saturated rings. The Morgan fingerprint density at radius 2 is 1.93 bits per heavy atom. The number of hydrogen-bond donors (Lipinski definition) is 2. The van der Waals surface area contributed by atoms with Crippen LogP contribution in [0.1, 0.15) is 44.0 Å². The van der Waals surface area contributed by atoms with Crippen LogP contribution in [0.2, 0.25) is 0 Å². The third-order valence-electron chi connectivity index (χ3n) is 5.14. The molecule has 1 aromatic carbocycles. The van der Waals surface area contributed by atoms with Crippen LogP contribution in [0.4, 0.5) is 4.39 Å². The summed E-state index contributed by atoms with van der Waals surface area (Å²) in [6, 6.07) is 6.96. The van der Waals surface area contributed by atoms with E-state index in [1.807, 2.05) is 26.1 Å². The van der Waals surface area contributed by atoms with Gasteiger partial charge in [0.1, 0.15) is 24.5 Å². The number of nitrogens with one attached hydrogen (secondary N) is 2. The lowest BCUT2D eigenvalue weighted by atomic mass is 9.79. The van der Waals surface area contributed by atoms with Gasteiger partial charge in [-0.1, -0.05) is 25.0 Å². The fourth-order valence-electron chi connectivity index (χ4n) is 3.63. The zero-order valence-corrected chi connectivity index (χ0v) is 18.2. The Balaban J connectivity index is 0.00000261. The number of rotatable bonds is 6. The third-order valence-corrected chi connectivity index (χ3v) is 5.14. The summed E-state index contributed by atoms with van der Waals surface area (Å²) < 4.78 is 15.0. The van der Waals surface area contributed by atoms with E-state index in [0.29, 0.717) is 6.54 Å². The number of guanidine groups is 1. The first kappa shape index (κ1) is 21.6. The van der Waals surface area contributed by atoms with Gasteiger partial charge in [-0.25, -0.2) is 14.4 Å². The molecule has 8 heteroatoms. The van der Waals surface area contributed by atoms with Gasteiger partial charge in [-0.15, -0.1) is 24.0 Å². The molecule has 2 aromatic rings. The van der Waals surface area contributed by atoms with Gasteiger partial charge in [0.15, 0.2) is 5.96 Å². The molecule has 0 spiro atoms. The molecule has 148 valence electrons. The number of halogens is 2. The smallest absolute Gasteiger partial charge is 0.191 e. The standard InChI is InChI=1S/C19H27FN6.HI/c1-3-21-18(22-12-17-24-14-25-26(17)2)23-13-19(10-4-5-11-19)15-6-8-16(20)9-7-15;/h6-9,14H,3-5,10-13H2,1-2H3,(H2,21,22,23);1H. The Kier molecular flexibility index (Phi) is 8.00. The predicted molar refractivity (Wildman–Crippen MR) is 116 cm³/mol. The SMILES string of the molecule is CCNC(=NCc1ncnn1C)NCC1(c2ccc(F)cc2)CCCC1.I. The Bertz CT molecular complexity index is 737. The summed E-state index contributed by atoms with van der Waals surface area (Å²) in [5.74, 6) is 1.40. The van der Waals surface area contributed by atoms with Crippen LogP contribution >= 0.6 is 24.0 Å². The van der Waals surface area contributed by atoms with Gasteiger partial charge in [0, 0.05) is 25.6 Å². The van der Waals surface area contributed by atoms with Gasteiger partial charge >= 0.3 is 0 Å². The minimum Gasteiger partial charge on any atom is -0.357 e. The molecule has 0 saturated heterocycles. The second kappa shape index (κ2) is 10.0. The predicted octanol–water partition coefficient (Wildman–Crippen LogP) is 3.14. The lowest BCUT2D eigenvalue weighted by molar-refractivity contribution is 0.431. The quantitative estimate of drug-likeness (QED) is 0.374. The number of aromatic nitrogens is 3. The molecule has 0 amide bonds. The lowest BCUT2D eigenvalue weighted by Gasteiger charge is -2.31. The maximum absolute atomic E-state index is 13.3. The summed E-state index contributed by atoms with van der Waals surface area (Å²) in [5.41, 5.74) is 1.24. The molecular formula is C19H28FIN6. The van der Waals surface area contributed by atoms with Crippen LogP contribution in [0.25, 0.3) is 0 Å². The topological polar surface area (TPSA) is 67.1 Å². The molecule has 3 rings (SSSR count). The molecule has 1 heterocycles. The highest BCUT2D eigenvalue weighted by molar-refractivity contribution is 14.0. The summed E-state index contributed by atoms with van der Waals surface area (Å²) in [6.07, 6.45) is 6.15. The number of benzene rings is 1. The molecule has 1 saturated carbocycles. The highest BCUT2D eigenvalue weighted by Gasteiger charge is 2.35. The molecule has 6 nitrogen and oxygen atoms in total. The molecule has 1 aliphatic carbocycles. The Morgan fingerprint density at radius 3 is 2.52 bits per heavy atom. The van der Waals surface area contributed by atoms with Gasteiger partial charge in [-0.05, 0) is 37.5 Å². The van der Waals surface area contributed by atoms with Crippen LogP contribution in [0, 0.1) is 5.82 Å². The van der Waals surface area contributed by atoms with Crippen molar-refractivity contribution in [3.8, 4) is 0 Å². The van der Waals surface area contributed by atoms with Crippen molar-refractivity contribution in [2.75, 3.05) is 13.1 Å². The molecule has 0 radical (unpaired) electrons. The Hall–Kier alpha value is -1.71. The van der Waals surface area contributed by atoms with Crippen LogP contribution in [0.5, 0.6) is 0 Å². The van der Waals surface area contributed by atoms with Crippen molar-refractivity contribution in [3.05, 3.63) is 47.8 Å².